The third kappa shape index (κ3) is 3.82. The van der Waals surface area contributed by atoms with Gasteiger partial charge in [-0.1, -0.05) is 13.3 Å². The van der Waals surface area contributed by atoms with Crippen LogP contribution in [0, 0.1) is 11.8 Å². The summed E-state index contributed by atoms with van der Waals surface area (Å²) in [4.78, 5) is 13.9. The van der Waals surface area contributed by atoms with Gasteiger partial charge in [0.05, 0.1) is 0 Å². The molecule has 1 aliphatic rings. The topological polar surface area (TPSA) is 46.3 Å². The molecule has 1 unspecified atom stereocenters. The number of rotatable bonds is 6. The molecule has 1 atom stereocenters. The Balaban J connectivity index is 2.31. The monoisotopic (exact) mass is 212 g/mol. The van der Waals surface area contributed by atoms with Crippen LogP contribution in [0.4, 0.5) is 0 Å². The number of nitrogens with zero attached hydrogens (tertiary/aromatic N) is 1. The van der Waals surface area contributed by atoms with Crippen molar-refractivity contribution in [3.63, 3.8) is 0 Å². The second-order valence-corrected chi connectivity index (χ2v) is 4.77. The van der Waals surface area contributed by atoms with Crippen LogP contribution in [0.1, 0.15) is 39.5 Å². The molecule has 0 heterocycles. The normalized spacial score (nSPS) is 18.3. The van der Waals surface area contributed by atoms with Crippen LogP contribution in [0.15, 0.2) is 0 Å². The summed E-state index contributed by atoms with van der Waals surface area (Å²) in [6, 6.07) is 0. The number of hydrogen-bond acceptors (Lipinski definition) is 2. The lowest BCUT2D eigenvalue weighted by Crippen LogP contribution is -2.38. The second kappa shape index (κ2) is 6.11. The van der Waals surface area contributed by atoms with Gasteiger partial charge in [0.1, 0.15) is 0 Å². The van der Waals surface area contributed by atoms with Gasteiger partial charge in [-0.25, -0.2) is 0 Å². The maximum absolute atomic E-state index is 11.9. The van der Waals surface area contributed by atoms with Crippen molar-refractivity contribution in [2.45, 2.75) is 39.5 Å². The molecule has 2 N–H and O–H groups in total. The van der Waals surface area contributed by atoms with Crippen LogP contribution in [0.5, 0.6) is 0 Å². The molecule has 3 heteroatoms. The first-order chi connectivity index (χ1) is 7.17. The molecule has 1 aliphatic carbocycles. The molecular weight excluding hydrogens is 188 g/mol. The minimum Gasteiger partial charge on any atom is -0.343 e. The van der Waals surface area contributed by atoms with Crippen LogP contribution in [0.3, 0.4) is 0 Å². The van der Waals surface area contributed by atoms with Gasteiger partial charge in [-0.3, -0.25) is 4.79 Å². The van der Waals surface area contributed by atoms with Crippen molar-refractivity contribution < 1.29 is 4.79 Å². The Bertz CT molecular complexity index is 202. The molecule has 1 saturated carbocycles. The first kappa shape index (κ1) is 12.5. The van der Waals surface area contributed by atoms with Gasteiger partial charge in [0.2, 0.25) is 5.91 Å². The number of carbonyl (C=O) groups excluding carboxylic acids is 1. The van der Waals surface area contributed by atoms with Gasteiger partial charge in [0, 0.05) is 19.5 Å². The lowest BCUT2D eigenvalue weighted by atomic mass is 9.82. The molecule has 1 amide bonds. The van der Waals surface area contributed by atoms with E-state index in [2.05, 4.69) is 6.92 Å². The largest absolute Gasteiger partial charge is 0.343 e. The van der Waals surface area contributed by atoms with Crippen LogP contribution in [0.2, 0.25) is 0 Å². The Kier molecular flexibility index (Phi) is 5.09. The summed E-state index contributed by atoms with van der Waals surface area (Å²) in [5.74, 6) is 1.40. The molecule has 15 heavy (non-hydrogen) atoms. The molecule has 0 spiro atoms. The first-order valence-electron chi connectivity index (χ1n) is 6.15. The average molecular weight is 212 g/mol. The second-order valence-electron chi connectivity index (χ2n) is 4.77. The molecule has 0 bridgehead atoms. The van der Waals surface area contributed by atoms with Crippen LogP contribution >= 0.6 is 0 Å². The lowest BCUT2D eigenvalue weighted by Gasteiger charge is -2.29. The maximum Gasteiger partial charge on any atom is 0.222 e. The summed E-state index contributed by atoms with van der Waals surface area (Å²) in [6.45, 7) is 6.43. The predicted octanol–water partition coefficient (Wildman–Crippen LogP) is 1.62. The van der Waals surface area contributed by atoms with Gasteiger partial charge >= 0.3 is 0 Å². The standard InChI is InChI=1S/C12H24N2O/c1-3-14(9-10(2)8-13)12(15)7-11-5-4-6-11/h10-11H,3-9,13H2,1-2H3. The Morgan fingerprint density at radius 1 is 1.53 bits per heavy atom. The van der Waals surface area contributed by atoms with Gasteiger partial charge in [0.15, 0.2) is 0 Å². The van der Waals surface area contributed by atoms with Crippen molar-refractivity contribution in [3.8, 4) is 0 Å². The van der Waals surface area contributed by atoms with Gasteiger partial charge in [-0.2, -0.15) is 0 Å². The molecular formula is C12H24N2O. The summed E-state index contributed by atoms with van der Waals surface area (Å²) in [7, 11) is 0. The number of carbonyl (C=O) groups is 1. The summed E-state index contributed by atoms with van der Waals surface area (Å²) in [5, 5.41) is 0. The van der Waals surface area contributed by atoms with Gasteiger partial charge in [-0.05, 0) is 38.1 Å². The Labute approximate surface area is 93.0 Å². The third-order valence-corrected chi connectivity index (χ3v) is 3.36. The SMILES string of the molecule is CCN(CC(C)CN)C(=O)CC1CCC1. The molecule has 3 nitrogen and oxygen atoms in total. The molecule has 88 valence electrons. The van der Waals surface area contributed by atoms with Crippen LogP contribution < -0.4 is 5.73 Å². The fourth-order valence-corrected chi connectivity index (χ4v) is 1.93. The molecule has 0 aromatic heterocycles. The first-order valence-corrected chi connectivity index (χ1v) is 6.15. The predicted molar refractivity (Wildman–Crippen MR) is 62.4 cm³/mol. The number of nitrogens with two attached hydrogens (primary N) is 1. The van der Waals surface area contributed by atoms with E-state index in [9.17, 15) is 4.79 Å². The van der Waals surface area contributed by atoms with Crippen molar-refractivity contribution in [1.29, 1.82) is 0 Å². The lowest BCUT2D eigenvalue weighted by molar-refractivity contribution is -0.133. The summed E-state index contributed by atoms with van der Waals surface area (Å²) < 4.78 is 0. The van der Waals surface area contributed by atoms with Crippen molar-refractivity contribution in [3.05, 3.63) is 0 Å². The van der Waals surface area contributed by atoms with Gasteiger partial charge < -0.3 is 10.6 Å². The van der Waals surface area contributed by atoms with E-state index in [0.29, 0.717) is 24.3 Å². The highest BCUT2D eigenvalue weighted by Crippen LogP contribution is 2.29. The summed E-state index contributed by atoms with van der Waals surface area (Å²) in [6.07, 6.45) is 4.56. The zero-order chi connectivity index (χ0) is 11.3. The third-order valence-electron chi connectivity index (χ3n) is 3.36. The van der Waals surface area contributed by atoms with Crippen molar-refractivity contribution in [1.82, 2.24) is 4.90 Å². The Morgan fingerprint density at radius 2 is 2.20 bits per heavy atom. The zero-order valence-corrected chi connectivity index (χ0v) is 10.0. The molecule has 0 radical (unpaired) electrons. The maximum atomic E-state index is 11.9. The van der Waals surface area contributed by atoms with Crippen LogP contribution in [-0.4, -0.2) is 30.4 Å². The fraction of sp³-hybridized carbons (Fsp3) is 0.917. The zero-order valence-electron chi connectivity index (χ0n) is 10.0. The van der Waals surface area contributed by atoms with Crippen molar-refractivity contribution in [2.75, 3.05) is 19.6 Å². The van der Waals surface area contributed by atoms with E-state index < -0.39 is 0 Å². The van der Waals surface area contributed by atoms with Crippen LogP contribution in [0.25, 0.3) is 0 Å². The molecule has 1 fully saturated rings. The Hall–Kier alpha value is -0.570. The highest BCUT2D eigenvalue weighted by molar-refractivity contribution is 5.76. The fourth-order valence-electron chi connectivity index (χ4n) is 1.93. The molecule has 0 saturated heterocycles. The quantitative estimate of drug-likeness (QED) is 0.727. The molecule has 0 aromatic carbocycles. The van der Waals surface area contributed by atoms with E-state index in [-0.39, 0.29) is 0 Å². The molecule has 0 aliphatic heterocycles. The van der Waals surface area contributed by atoms with E-state index >= 15 is 0 Å². The number of amides is 1. The minimum absolute atomic E-state index is 0.322. The molecule has 1 rings (SSSR count). The van der Waals surface area contributed by atoms with E-state index in [1.54, 1.807) is 0 Å². The average Bonchev–Trinajstić information content (AvgIpc) is 2.19. The summed E-state index contributed by atoms with van der Waals surface area (Å²) >= 11 is 0. The highest BCUT2D eigenvalue weighted by atomic mass is 16.2. The van der Waals surface area contributed by atoms with E-state index in [0.717, 1.165) is 19.5 Å². The van der Waals surface area contributed by atoms with Crippen molar-refractivity contribution in [2.24, 2.45) is 17.6 Å². The van der Waals surface area contributed by atoms with E-state index in [4.69, 9.17) is 5.73 Å². The van der Waals surface area contributed by atoms with Gasteiger partial charge in [0.25, 0.3) is 0 Å². The van der Waals surface area contributed by atoms with Crippen LogP contribution in [-0.2, 0) is 4.79 Å². The Morgan fingerprint density at radius 3 is 2.60 bits per heavy atom. The van der Waals surface area contributed by atoms with E-state index in [1.165, 1.54) is 19.3 Å². The van der Waals surface area contributed by atoms with Gasteiger partial charge in [-0.15, -0.1) is 0 Å². The number of hydrogen-bond donors (Lipinski definition) is 1. The summed E-state index contributed by atoms with van der Waals surface area (Å²) in [5.41, 5.74) is 5.58. The van der Waals surface area contributed by atoms with Crippen molar-refractivity contribution >= 4 is 5.91 Å². The van der Waals surface area contributed by atoms with E-state index in [1.807, 2.05) is 11.8 Å². The minimum atomic E-state index is 0.322. The molecule has 0 aromatic rings. The smallest absolute Gasteiger partial charge is 0.222 e. The highest BCUT2D eigenvalue weighted by Gasteiger charge is 2.23.